The smallest absolute Gasteiger partial charge is 0.244 e. The summed E-state index contributed by atoms with van der Waals surface area (Å²) in [6, 6.07) is -0.391. The van der Waals surface area contributed by atoms with Crippen LogP contribution in [0.4, 0.5) is 0 Å². The topological polar surface area (TPSA) is 75.4 Å². The summed E-state index contributed by atoms with van der Waals surface area (Å²) in [6.45, 7) is 4.38. The molecule has 92 valence electrons. The molecule has 1 fully saturated rings. The van der Waals surface area contributed by atoms with Gasteiger partial charge in [0.2, 0.25) is 11.8 Å². The fraction of sp³-hybridized carbons (Fsp3) is 0.818. The number of likely N-dealkylation sites (tertiary alicyclic amines) is 1. The number of likely N-dealkylation sites (N-methyl/N-ethyl adjacent to an activating group) is 1. The van der Waals surface area contributed by atoms with E-state index in [9.17, 15) is 9.59 Å². The maximum Gasteiger partial charge on any atom is 0.244 e. The van der Waals surface area contributed by atoms with Gasteiger partial charge in [0.1, 0.15) is 6.04 Å². The SMILES string of the molecule is CCCC(C)(N)C(=O)NC1CCN(C)C1=O. The number of carbonyl (C=O) groups is 2. The minimum Gasteiger partial charge on any atom is -0.344 e. The van der Waals surface area contributed by atoms with Crippen molar-refractivity contribution in [2.75, 3.05) is 13.6 Å². The molecule has 2 atom stereocenters. The highest BCUT2D eigenvalue weighted by atomic mass is 16.2. The predicted molar refractivity (Wildman–Crippen MR) is 61.7 cm³/mol. The Balaban J connectivity index is 2.55. The van der Waals surface area contributed by atoms with Gasteiger partial charge in [-0.25, -0.2) is 0 Å². The van der Waals surface area contributed by atoms with Crippen LogP contribution in [0.5, 0.6) is 0 Å². The van der Waals surface area contributed by atoms with Gasteiger partial charge in [-0.2, -0.15) is 0 Å². The molecule has 16 heavy (non-hydrogen) atoms. The summed E-state index contributed by atoms with van der Waals surface area (Å²) >= 11 is 0. The first kappa shape index (κ1) is 13.0. The summed E-state index contributed by atoms with van der Waals surface area (Å²) in [5, 5.41) is 2.73. The minimum atomic E-state index is -0.879. The number of rotatable bonds is 4. The zero-order valence-electron chi connectivity index (χ0n) is 10.2. The fourth-order valence-electron chi connectivity index (χ4n) is 1.91. The zero-order valence-corrected chi connectivity index (χ0v) is 10.2. The molecular weight excluding hydrogens is 206 g/mol. The zero-order chi connectivity index (χ0) is 12.3. The average molecular weight is 227 g/mol. The number of nitrogens with one attached hydrogen (secondary N) is 1. The molecule has 1 aliphatic rings. The standard InChI is InChI=1S/C11H21N3O2/c1-4-6-11(2,12)10(16)13-8-5-7-14(3)9(8)15/h8H,4-7,12H2,1-3H3,(H,13,16). The van der Waals surface area contributed by atoms with E-state index in [0.29, 0.717) is 19.4 Å². The lowest BCUT2D eigenvalue weighted by Crippen LogP contribution is -2.55. The van der Waals surface area contributed by atoms with Crippen LogP contribution in [0.25, 0.3) is 0 Å². The van der Waals surface area contributed by atoms with Gasteiger partial charge in [0.05, 0.1) is 5.54 Å². The first-order valence-corrected chi connectivity index (χ1v) is 5.73. The minimum absolute atomic E-state index is 0.0272. The summed E-state index contributed by atoms with van der Waals surface area (Å²) in [7, 11) is 1.74. The first-order chi connectivity index (χ1) is 7.38. The molecule has 0 aromatic carbocycles. The molecular formula is C11H21N3O2. The van der Waals surface area contributed by atoms with Gasteiger partial charge in [0.25, 0.3) is 0 Å². The summed E-state index contributed by atoms with van der Waals surface area (Å²) in [5.41, 5.74) is 5.01. The summed E-state index contributed by atoms with van der Waals surface area (Å²) < 4.78 is 0. The van der Waals surface area contributed by atoms with Crippen molar-refractivity contribution < 1.29 is 9.59 Å². The molecule has 1 aliphatic heterocycles. The normalized spacial score (nSPS) is 24.4. The second-order valence-corrected chi connectivity index (χ2v) is 4.74. The van der Waals surface area contributed by atoms with Crippen molar-refractivity contribution in [2.45, 2.75) is 44.7 Å². The Morgan fingerprint density at radius 2 is 2.31 bits per heavy atom. The Morgan fingerprint density at radius 3 is 2.75 bits per heavy atom. The maximum atomic E-state index is 11.9. The molecule has 3 N–H and O–H groups in total. The van der Waals surface area contributed by atoms with Crippen molar-refractivity contribution in [2.24, 2.45) is 5.73 Å². The van der Waals surface area contributed by atoms with Gasteiger partial charge in [-0.1, -0.05) is 13.3 Å². The monoisotopic (exact) mass is 227 g/mol. The molecule has 0 aromatic heterocycles. The quantitative estimate of drug-likeness (QED) is 0.701. The van der Waals surface area contributed by atoms with Crippen LogP contribution in [-0.4, -0.2) is 41.9 Å². The number of hydrogen-bond donors (Lipinski definition) is 2. The highest BCUT2D eigenvalue weighted by Crippen LogP contribution is 2.12. The molecule has 0 radical (unpaired) electrons. The maximum absolute atomic E-state index is 11.9. The number of nitrogens with two attached hydrogens (primary N) is 1. The van der Waals surface area contributed by atoms with E-state index in [1.165, 1.54) is 0 Å². The fourth-order valence-corrected chi connectivity index (χ4v) is 1.91. The van der Waals surface area contributed by atoms with Gasteiger partial charge >= 0.3 is 0 Å². The van der Waals surface area contributed by atoms with E-state index in [4.69, 9.17) is 5.73 Å². The second-order valence-electron chi connectivity index (χ2n) is 4.74. The molecule has 5 heteroatoms. The van der Waals surface area contributed by atoms with Crippen LogP contribution in [0, 0.1) is 0 Å². The first-order valence-electron chi connectivity index (χ1n) is 5.73. The van der Waals surface area contributed by atoms with Crippen molar-refractivity contribution in [1.29, 1.82) is 0 Å². The largest absolute Gasteiger partial charge is 0.344 e. The van der Waals surface area contributed by atoms with Gasteiger partial charge in [0.15, 0.2) is 0 Å². The van der Waals surface area contributed by atoms with Crippen molar-refractivity contribution in [3.05, 3.63) is 0 Å². The highest BCUT2D eigenvalue weighted by molar-refractivity contribution is 5.92. The van der Waals surface area contributed by atoms with Crippen LogP contribution < -0.4 is 11.1 Å². The van der Waals surface area contributed by atoms with Gasteiger partial charge in [-0.15, -0.1) is 0 Å². The number of hydrogen-bond acceptors (Lipinski definition) is 3. The molecule has 1 saturated heterocycles. The van der Waals surface area contributed by atoms with Gasteiger partial charge in [0, 0.05) is 13.6 Å². The number of carbonyl (C=O) groups excluding carboxylic acids is 2. The van der Waals surface area contributed by atoms with Gasteiger partial charge in [-0.05, 0) is 19.8 Å². The van der Waals surface area contributed by atoms with Crippen LogP contribution in [0.3, 0.4) is 0 Å². The van der Waals surface area contributed by atoms with E-state index in [1.54, 1.807) is 18.9 Å². The summed E-state index contributed by atoms with van der Waals surface area (Å²) in [6.07, 6.45) is 2.14. The van der Waals surface area contributed by atoms with E-state index in [2.05, 4.69) is 5.32 Å². The predicted octanol–water partition coefficient (Wildman–Crippen LogP) is -0.149. The van der Waals surface area contributed by atoms with Gasteiger partial charge in [-0.3, -0.25) is 9.59 Å². The Bertz CT molecular complexity index is 289. The van der Waals surface area contributed by atoms with Crippen molar-refractivity contribution >= 4 is 11.8 Å². The van der Waals surface area contributed by atoms with Crippen LogP contribution in [0.15, 0.2) is 0 Å². The van der Waals surface area contributed by atoms with E-state index < -0.39 is 11.6 Å². The molecule has 0 saturated carbocycles. The Morgan fingerprint density at radius 1 is 1.69 bits per heavy atom. The lowest BCUT2D eigenvalue weighted by Gasteiger charge is -2.24. The van der Waals surface area contributed by atoms with Crippen molar-refractivity contribution in [3.8, 4) is 0 Å². The van der Waals surface area contributed by atoms with Crippen LogP contribution in [-0.2, 0) is 9.59 Å². The molecule has 2 unspecified atom stereocenters. The summed E-state index contributed by atoms with van der Waals surface area (Å²) in [4.78, 5) is 25.1. The van der Waals surface area contributed by atoms with E-state index in [-0.39, 0.29) is 11.8 Å². The van der Waals surface area contributed by atoms with Gasteiger partial charge < -0.3 is 16.0 Å². The second kappa shape index (κ2) is 4.82. The molecule has 0 bridgehead atoms. The molecule has 1 rings (SSSR count). The Hall–Kier alpha value is -1.10. The highest BCUT2D eigenvalue weighted by Gasteiger charge is 2.34. The molecule has 1 heterocycles. The molecule has 0 spiro atoms. The Labute approximate surface area is 96.4 Å². The van der Waals surface area contributed by atoms with E-state index >= 15 is 0 Å². The lowest BCUT2D eigenvalue weighted by molar-refractivity contribution is -0.133. The van der Waals surface area contributed by atoms with E-state index in [1.807, 2.05) is 6.92 Å². The molecule has 5 nitrogen and oxygen atoms in total. The molecule has 2 amide bonds. The average Bonchev–Trinajstić information content (AvgIpc) is 2.49. The van der Waals surface area contributed by atoms with Crippen molar-refractivity contribution in [1.82, 2.24) is 10.2 Å². The van der Waals surface area contributed by atoms with Crippen LogP contribution in [0.1, 0.15) is 33.1 Å². The number of nitrogens with zero attached hydrogens (tertiary/aromatic N) is 1. The van der Waals surface area contributed by atoms with Crippen LogP contribution >= 0.6 is 0 Å². The third kappa shape index (κ3) is 2.72. The summed E-state index contributed by atoms with van der Waals surface area (Å²) in [5.74, 6) is -0.261. The van der Waals surface area contributed by atoms with E-state index in [0.717, 1.165) is 6.42 Å². The number of amides is 2. The lowest BCUT2D eigenvalue weighted by atomic mass is 9.96. The Kier molecular flexibility index (Phi) is 3.91. The molecule has 0 aliphatic carbocycles. The van der Waals surface area contributed by atoms with Crippen molar-refractivity contribution in [3.63, 3.8) is 0 Å². The third-order valence-corrected chi connectivity index (χ3v) is 3.02. The van der Waals surface area contributed by atoms with Crippen LogP contribution in [0.2, 0.25) is 0 Å². The third-order valence-electron chi connectivity index (χ3n) is 3.02. The molecule has 0 aromatic rings.